The lowest BCUT2D eigenvalue weighted by Crippen LogP contribution is -2.08. The molecule has 0 aliphatic carbocycles. The van der Waals surface area contributed by atoms with E-state index in [1.807, 2.05) is 30.3 Å². The summed E-state index contributed by atoms with van der Waals surface area (Å²) in [6.07, 6.45) is 1.49. The zero-order valence-corrected chi connectivity index (χ0v) is 16.3. The van der Waals surface area contributed by atoms with E-state index in [0.717, 1.165) is 11.6 Å². The first kappa shape index (κ1) is 18.9. The van der Waals surface area contributed by atoms with Crippen molar-refractivity contribution in [2.45, 2.75) is 6.92 Å². The molecule has 5 aromatic rings. The van der Waals surface area contributed by atoms with Gasteiger partial charge in [-0.25, -0.2) is 23.5 Å². The van der Waals surface area contributed by atoms with Crippen molar-refractivity contribution in [1.29, 1.82) is 0 Å². The van der Waals surface area contributed by atoms with Gasteiger partial charge in [0, 0.05) is 22.6 Å². The Kier molecular flexibility index (Phi) is 4.25. The second-order valence-corrected chi connectivity index (χ2v) is 7.20. The fourth-order valence-electron chi connectivity index (χ4n) is 3.92. The van der Waals surface area contributed by atoms with Crippen molar-refractivity contribution < 1.29 is 18.7 Å². The summed E-state index contributed by atoms with van der Waals surface area (Å²) >= 11 is 0. The van der Waals surface area contributed by atoms with Crippen LogP contribution >= 0.6 is 0 Å². The van der Waals surface area contributed by atoms with E-state index >= 15 is 0 Å². The number of imidazole rings is 1. The van der Waals surface area contributed by atoms with Crippen LogP contribution in [0.3, 0.4) is 0 Å². The van der Waals surface area contributed by atoms with Gasteiger partial charge in [-0.2, -0.15) is 0 Å². The number of benzene rings is 3. The molecule has 0 atom stereocenters. The molecule has 31 heavy (non-hydrogen) atoms. The van der Waals surface area contributed by atoms with E-state index in [1.54, 1.807) is 11.5 Å². The van der Waals surface area contributed by atoms with Gasteiger partial charge in [0.1, 0.15) is 23.8 Å². The Balaban J connectivity index is 1.83. The molecule has 3 aromatic carbocycles. The highest BCUT2D eigenvalue weighted by molar-refractivity contribution is 6.05. The fourth-order valence-corrected chi connectivity index (χ4v) is 3.92. The van der Waals surface area contributed by atoms with Crippen LogP contribution in [0.25, 0.3) is 38.9 Å². The molecule has 0 saturated heterocycles. The van der Waals surface area contributed by atoms with Crippen molar-refractivity contribution in [3.8, 4) is 16.9 Å². The maximum Gasteiger partial charge on any atom is 0.336 e. The van der Waals surface area contributed by atoms with Crippen LogP contribution in [-0.4, -0.2) is 25.6 Å². The first-order valence-corrected chi connectivity index (χ1v) is 9.49. The summed E-state index contributed by atoms with van der Waals surface area (Å²) < 4.78 is 29.9. The molecule has 0 saturated carbocycles. The molecule has 2 aromatic heterocycles. The molecule has 5 nitrogen and oxygen atoms in total. The quantitative estimate of drug-likeness (QED) is 0.421. The van der Waals surface area contributed by atoms with E-state index in [-0.39, 0.29) is 10.9 Å². The number of hydrogen-bond donors (Lipinski definition) is 1. The van der Waals surface area contributed by atoms with E-state index in [9.17, 15) is 18.7 Å². The van der Waals surface area contributed by atoms with Crippen molar-refractivity contribution in [3.63, 3.8) is 0 Å². The van der Waals surface area contributed by atoms with Crippen molar-refractivity contribution >= 4 is 27.9 Å². The van der Waals surface area contributed by atoms with Gasteiger partial charge in [-0.05, 0) is 36.8 Å². The fraction of sp³-hybridized carbons (Fsp3) is 0.0417. The topological polar surface area (TPSA) is 68.0 Å². The molecular weight excluding hydrogens is 400 g/mol. The van der Waals surface area contributed by atoms with Crippen LogP contribution in [0.1, 0.15) is 15.9 Å². The van der Waals surface area contributed by atoms with Gasteiger partial charge >= 0.3 is 5.97 Å². The number of carboxylic acids is 1. The van der Waals surface area contributed by atoms with Crippen LogP contribution in [-0.2, 0) is 0 Å². The predicted octanol–water partition coefficient (Wildman–Crippen LogP) is 5.53. The van der Waals surface area contributed by atoms with E-state index in [4.69, 9.17) is 0 Å². The molecule has 0 radical (unpaired) electrons. The molecule has 0 unspecified atom stereocenters. The molecular formula is C24H15F2N3O2. The maximum atomic E-state index is 14.6. The number of carboxylic acid groups (broad SMARTS) is 1. The van der Waals surface area contributed by atoms with Gasteiger partial charge in [0.05, 0.1) is 22.1 Å². The second-order valence-electron chi connectivity index (χ2n) is 7.20. The summed E-state index contributed by atoms with van der Waals surface area (Å²) in [5, 5.41) is 9.99. The Labute approximate surface area is 175 Å². The van der Waals surface area contributed by atoms with Crippen LogP contribution in [0.5, 0.6) is 0 Å². The summed E-state index contributed by atoms with van der Waals surface area (Å²) in [6.45, 7) is 1.60. The molecule has 0 fully saturated rings. The first-order chi connectivity index (χ1) is 14.9. The zero-order valence-electron chi connectivity index (χ0n) is 16.3. The highest BCUT2D eigenvalue weighted by Crippen LogP contribution is 2.32. The van der Waals surface area contributed by atoms with Crippen molar-refractivity contribution in [3.05, 3.63) is 89.8 Å². The van der Waals surface area contributed by atoms with Crippen LogP contribution < -0.4 is 0 Å². The van der Waals surface area contributed by atoms with Crippen LogP contribution in [0.4, 0.5) is 8.78 Å². The summed E-state index contributed by atoms with van der Waals surface area (Å²) in [6, 6.07) is 15.9. The Bertz CT molecular complexity index is 1490. The van der Waals surface area contributed by atoms with Crippen LogP contribution in [0.15, 0.2) is 67.0 Å². The summed E-state index contributed by atoms with van der Waals surface area (Å²) in [7, 11) is 0. The number of rotatable bonds is 3. The number of nitrogens with zero attached hydrogens (tertiary/aromatic N) is 3. The molecule has 0 spiro atoms. The number of halogens is 2. The average Bonchev–Trinajstić information content (AvgIpc) is 3.16. The predicted molar refractivity (Wildman–Crippen MR) is 113 cm³/mol. The zero-order chi connectivity index (χ0) is 21.7. The lowest BCUT2D eigenvalue weighted by molar-refractivity contribution is 0.0698. The Morgan fingerprint density at radius 3 is 2.52 bits per heavy atom. The number of fused-ring (bicyclic) bond motifs is 2. The largest absolute Gasteiger partial charge is 0.478 e. The van der Waals surface area contributed by atoms with Crippen LogP contribution in [0, 0.1) is 18.6 Å². The third-order valence-corrected chi connectivity index (χ3v) is 5.31. The van der Waals surface area contributed by atoms with E-state index in [0.29, 0.717) is 33.5 Å². The molecule has 0 aliphatic rings. The standard InChI is InChI=1S/C24H15F2N3O2/c1-13-21(24(30)31)18-9-15(25)7-8-19(18)28-23(13)29-12-27-22-17(10-16(26)11-20(22)29)14-5-3-2-4-6-14/h2-12H,1H3,(H,30,31). The lowest BCUT2D eigenvalue weighted by atomic mass is 10.0. The van der Waals surface area contributed by atoms with Crippen molar-refractivity contribution in [2.24, 2.45) is 0 Å². The summed E-state index contributed by atoms with van der Waals surface area (Å²) in [5.41, 5.74) is 3.03. The van der Waals surface area contributed by atoms with Gasteiger partial charge in [-0.3, -0.25) is 4.57 Å². The smallest absolute Gasteiger partial charge is 0.336 e. The Hall–Kier alpha value is -4.13. The molecule has 1 N–H and O–H groups in total. The minimum atomic E-state index is -1.20. The number of pyridine rings is 1. The first-order valence-electron chi connectivity index (χ1n) is 9.49. The lowest BCUT2D eigenvalue weighted by Gasteiger charge is -2.13. The van der Waals surface area contributed by atoms with Crippen LogP contribution in [0.2, 0.25) is 0 Å². The summed E-state index contributed by atoms with van der Waals surface area (Å²) in [4.78, 5) is 21.0. The van der Waals surface area contributed by atoms with Gasteiger partial charge in [-0.1, -0.05) is 30.3 Å². The molecule has 152 valence electrons. The normalized spacial score (nSPS) is 11.3. The highest BCUT2D eigenvalue weighted by atomic mass is 19.1. The minimum absolute atomic E-state index is 0.0546. The van der Waals surface area contributed by atoms with E-state index < -0.39 is 17.6 Å². The number of carbonyl (C=O) groups is 1. The Morgan fingerprint density at radius 1 is 1.00 bits per heavy atom. The van der Waals surface area contributed by atoms with Crippen molar-refractivity contribution in [2.75, 3.05) is 0 Å². The van der Waals surface area contributed by atoms with E-state index in [2.05, 4.69) is 9.97 Å². The van der Waals surface area contributed by atoms with Gasteiger partial charge in [-0.15, -0.1) is 0 Å². The van der Waals surface area contributed by atoms with Gasteiger partial charge in [0.25, 0.3) is 0 Å². The second kappa shape index (κ2) is 6.98. The molecule has 2 heterocycles. The Morgan fingerprint density at radius 2 is 1.77 bits per heavy atom. The third kappa shape index (κ3) is 3.02. The molecule has 7 heteroatoms. The molecule has 0 bridgehead atoms. The molecule has 0 amide bonds. The van der Waals surface area contributed by atoms with Crippen molar-refractivity contribution in [1.82, 2.24) is 14.5 Å². The van der Waals surface area contributed by atoms with Gasteiger partial charge in [0.15, 0.2) is 0 Å². The van der Waals surface area contributed by atoms with E-state index in [1.165, 1.54) is 30.6 Å². The minimum Gasteiger partial charge on any atom is -0.478 e. The monoisotopic (exact) mass is 415 g/mol. The third-order valence-electron chi connectivity index (χ3n) is 5.31. The maximum absolute atomic E-state index is 14.6. The van der Waals surface area contributed by atoms with Gasteiger partial charge in [0.2, 0.25) is 0 Å². The highest BCUT2D eigenvalue weighted by Gasteiger charge is 2.21. The summed E-state index contributed by atoms with van der Waals surface area (Å²) in [5.74, 6) is -1.90. The number of aromatic nitrogens is 3. The molecule has 0 aliphatic heterocycles. The molecule has 5 rings (SSSR count). The number of hydrogen-bond acceptors (Lipinski definition) is 3. The number of aromatic carboxylic acids is 1. The average molecular weight is 415 g/mol. The SMILES string of the molecule is Cc1c(-n2cnc3c(-c4ccccc4)cc(F)cc32)nc2ccc(F)cc2c1C(=O)O. The van der Waals surface area contributed by atoms with Gasteiger partial charge < -0.3 is 5.11 Å².